The van der Waals surface area contributed by atoms with Crippen LogP contribution in [0.2, 0.25) is 0 Å². The maximum absolute atomic E-state index is 12.3. The first-order valence-corrected chi connectivity index (χ1v) is 6.58. The number of halogens is 1. The zero-order valence-electron chi connectivity index (χ0n) is 12.3. The average Bonchev–Trinajstić information content (AvgIpc) is 2.37. The molecular weight excluding hydrogens is 260 g/mol. The molecule has 0 aliphatic carbocycles. The molecule has 0 aromatic heterocycles. The van der Waals surface area contributed by atoms with Crippen molar-refractivity contribution < 1.29 is 4.79 Å². The minimum atomic E-state index is 0. The van der Waals surface area contributed by atoms with E-state index in [1.165, 1.54) is 11.1 Å². The smallest absolute Gasteiger partial charge is 0.226 e. The third-order valence-electron chi connectivity index (χ3n) is 3.25. The average molecular weight is 285 g/mol. The van der Waals surface area contributed by atoms with Crippen molar-refractivity contribution in [2.24, 2.45) is 5.92 Å². The molecular formula is C15H25ClN2O. The lowest BCUT2D eigenvalue weighted by Gasteiger charge is -2.25. The lowest BCUT2D eigenvalue weighted by molar-refractivity contribution is -0.135. The molecule has 1 unspecified atom stereocenters. The highest BCUT2D eigenvalue weighted by molar-refractivity contribution is 5.85. The summed E-state index contributed by atoms with van der Waals surface area (Å²) in [5, 5.41) is 3.06. The Labute approximate surface area is 122 Å². The highest BCUT2D eigenvalue weighted by Gasteiger charge is 2.19. The van der Waals surface area contributed by atoms with Crippen LogP contribution in [0.1, 0.15) is 25.0 Å². The molecule has 0 aliphatic rings. The number of aryl methyl sites for hydroxylation is 1. The van der Waals surface area contributed by atoms with Gasteiger partial charge < -0.3 is 10.2 Å². The van der Waals surface area contributed by atoms with Crippen LogP contribution < -0.4 is 5.32 Å². The lowest BCUT2D eigenvalue weighted by Crippen LogP contribution is -2.38. The molecule has 1 N–H and O–H groups in total. The van der Waals surface area contributed by atoms with Gasteiger partial charge >= 0.3 is 0 Å². The zero-order chi connectivity index (χ0) is 13.5. The molecule has 0 saturated heterocycles. The Balaban J connectivity index is 0.00000324. The quantitative estimate of drug-likeness (QED) is 0.871. The third-order valence-corrected chi connectivity index (χ3v) is 3.25. The normalized spacial score (nSPS) is 11.6. The summed E-state index contributed by atoms with van der Waals surface area (Å²) in [6.45, 7) is 8.27. The maximum Gasteiger partial charge on any atom is 0.226 e. The zero-order valence-corrected chi connectivity index (χ0v) is 13.1. The van der Waals surface area contributed by atoms with E-state index in [0.29, 0.717) is 6.54 Å². The summed E-state index contributed by atoms with van der Waals surface area (Å²) in [7, 11) is 1.88. The molecule has 0 fully saturated rings. The van der Waals surface area contributed by atoms with E-state index in [4.69, 9.17) is 0 Å². The molecule has 4 heteroatoms. The van der Waals surface area contributed by atoms with Gasteiger partial charge in [-0.25, -0.2) is 0 Å². The second-order valence-corrected chi connectivity index (χ2v) is 4.74. The molecule has 1 rings (SSSR count). The van der Waals surface area contributed by atoms with Gasteiger partial charge in [0.15, 0.2) is 0 Å². The van der Waals surface area contributed by atoms with Crippen molar-refractivity contribution in [1.29, 1.82) is 0 Å². The predicted molar refractivity (Wildman–Crippen MR) is 82.6 cm³/mol. The summed E-state index contributed by atoms with van der Waals surface area (Å²) < 4.78 is 0. The molecule has 1 amide bonds. The number of hydrogen-bond acceptors (Lipinski definition) is 2. The topological polar surface area (TPSA) is 32.3 Å². The van der Waals surface area contributed by atoms with E-state index in [-0.39, 0.29) is 24.2 Å². The van der Waals surface area contributed by atoms with E-state index in [9.17, 15) is 4.79 Å². The fourth-order valence-corrected chi connectivity index (χ4v) is 2.04. The van der Waals surface area contributed by atoms with Crippen LogP contribution in [0.25, 0.3) is 0 Å². The van der Waals surface area contributed by atoms with Crippen molar-refractivity contribution >= 4 is 18.3 Å². The Hall–Kier alpha value is -1.06. The molecule has 0 heterocycles. The molecule has 0 aliphatic heterocycles. The standard InChI is InChI=1S/C15H24N2O.ClH/c1-5-17(15(18)13(3)10-16-4)11-14-9-7-6-8-12(14)2;/h6-9,13,16H,5,10-11H2,1-4H3;1H. The first-order valence-electron chi connectivity index (χ1n) is 6.58. The summed E-state index contributed by atoms with van der Waals surface area (Å²) in [5.74, 6) is 0.245. The van der Waals surface area contributed by atoms with Gasteiger partial charge in [-0.05, 0) is 32.0 Å². The highest BCUT2D eigenvalue weighted by atomic mass is 35.5. The van der Waals surface area contributed by atoms with Gasteiger partial charge in [-0.1, -0.05) is 31.2 Å². The lowest BCUT2D eigenvalue weighted by atomic mass is 10.1. The van der Waals surface area contributed by atoms with Crippen LogP contribution in [0.5, 0.6) is 0 Å². The van der Waals surface area contributed by atoms with E-state index >= 15 is 0 Å². The Morgan fingerprint density at radius 3 is 2.53 bits per heavy atom. The second kappa shape index (κ2) is 8.94. The van der Waals surface area contributed by atoms with Crippen LogP contribution in [0.4, 0.5) is 0 Å². The van der Waals surface area contributed by atoms with Gasteiger partial charge in [0, 0.05) is 25.6 Å². The van der Waals surface area contributed by atoms with Gasteiger partial charge in [0.2, 0.25) is 5.91 Å². The van der Waals surface area contributed by atoms with Crippen LogP contribution in [-0.2, 0) is 11.3 Å². The number of benzene rings is 1. The number of rotatable bonds is 6. The van der Waals surface area contributed by atoms with Gasteiger partial charge in [0.25, 0.3) is 0 Å². The molecule has 0 bridgehead atoms. The van der Waals surface area contributed by atoms with Crippen LogP contribution in [0.3, 0.4) is 0 Å². The molecule has 3 nitrogen and oxygen atoms in total. The summed E-state index contributed by atoms with van der Waals surface area (Å²) in [4.78, 5) is 14.2. The number of nitrogens with zero attached hydrogens (tertiary/aromatic N) is 1. The summed E-state index contributed by atoms with van der Waals surface area (Å²) in [5.41, 5.74) is 2.47. The Morgan fingerprint density at radius 2 is 2.00 bits per heavy atom. The Morgan fingerprint density at radius 1 is 1.37 bits per heavy atom. The van der Waals surface area contributed by atoms with Gasteiger partial charge in [0.1, 0.15) is 0 Å². The van der Waals surface area contributed by atoms with E-state index in [2.05, 4.69) is 24.4 Å². The van der Waals surface area contributed by atoms with Crippen LogP contribution >= 0.6 is 12.4 Å². The largest absolute Gasteiger partial charge is 0.338 e. The van der Waals surface area contributed by atoms with Gasteiger partial charge in [0.05, 0.1) is 0 Å². The van der Waals surface area contributed by atoms with E-state index in [1.807, 2.05) is 37.9 Å². The first-order chi connectivity index (χ1) is 8.60. The SMILES string of the molecule is CCN(Cc1ccccc1C)C(=O)C(C)CNC.Cl. The van der Waals surface area contributed by atoms with Crippen LogP contribution in [0, 0.1) is 12.8 Å². The third kappa shape index (κ3) is 5.21. The molecule has 0 radical (unpaired) electrons. The van der Waals surface area contributed by atoms with Crippen LogP contribution in [0.15, 0.2) is 24.3 Å². The molecule has 19 heavy (non-hydrogen) atoms. The minimum Gasteiger partial charge on any atom is -0.338 e. The summed E-state index contributed by atoms with van der Waals surface area (Å²) in [6.07, 6.45) is 0. The Kier molecular flexibility index (Phi) is 8.44. The van der Waals surface area contributed by atoms with Gasteiger partial charge in [-0.2, -0.15) is 0 Å². The molecule has 1 atom stereocenters. The monoisotopic (exact) mass is 284 g/mol. The van der Waals surface area contributed by atoms with E-state index < -0.39 is 0 Å². The number of nitrogens with one attached hydrogen (secondary N) is 1. The van der Waals surface area contributed by atoms with Crippen molar-refractivity contribution in [3.63, 3.8) is 0 Å². The predicted octanol–water partition coefficient (Wildman–Crippen LogP) is 2.62. The summed E-state index contributed by atoms with van der Waals surface area (Å²) >= 11 is 0. The van der Waals surface area contributed by atoms with Crippen molar-refractivity contribution in [3.8, 4) is 0 Å². The molecule has 0 saturated carbocycles. The number of carbonyl (C=O) groups is 1. The number of amides is 1. The van der Waals surface area contributed by atoms with Gasteiger partial charge in [-0.3, -0.25) is 4.79 Å². The molecule has 1 aromatic carbocycles. The van der Waals surface area contributed by atoms with Crippen LogP contribution in [-0.4, -0.2) is 30.9 Å². The highest BCUT2D eigenvalue weighted by Crippen LogP contribution is 2.12. The van der Waals surface area contributed by atoms with E-state index in [0.717, 1.165) is 13.1 Å². The minimum absolute atomic E-state index is 0. The Bertz CT molecular complexity index is 395. The fourth-order valence-electron chi connectivity index (χ4n) is 2.04. The van der Waals surface area contributed by atoms with Crippen molar-refractivity contribution in [1.82, 2.24) is 10.2 Å². The summed E-state index contributed by atoms with van der Waals surface area (Å²) in [6, 6.07) is 8.23. The second-order valence-electron chi connectivity index (χ2n) is 4.74. The molecule has 108 valence electrons. The number of hydrogen-bond donors (Lipinski definition) is 1. The first kappa shape index (κ1) is 17.9. The van der Waals surface area contributed by atoms with Crippen molar-refractivity contribution in [2.75, 3.05) is 20.1 Å². The van der Waals surface area contributed by atoms with Gasteiger partial charge in [-0.15, -0.1) is 12.4 Å². The van der Waals surface area contributed by atoms with E-state index in [1.54, 1.807) is 0 Å². The number of carbonyl (C=O) groups excluding carboxylic acids is 1. The van der Waals surface area contributed by atoms with Crippen molar-refractivity contribution in [3.05, 3.63) is 35.4 Å². The molecule has 1 aromatic rings. The molecule has 0 spiro atoms. The fraction of sp³-hybridized carbons (Fsp3) is 0.533. The maximum atomic E-state index is 12.3. The van der Waals surface area contributed by atoms with Crippen molar-refractivity contribution in [2.45, 2.75) is 27.3 Å².